The Hall–Kier alpha value is -1.05. The number of hydrogen-bond donors (Lipinski definition) is 1. The Morgan fingerprint density at radius 1 is 1.33 bits per heavy atom. The van der Waals surface area contributed by atoms with E-state index in [1.807, 2.05) is 20.8 Å². The smallest absolute Gasteiger partial charge is 0.165 e. The van der Waals surface area contributed by atoms with Gasteiger partial charge < -0.3 is 5.11 Å². The van der Waals surface area contributed by atoms with Crippen LogP contribution in [0.5, 0.6) is 5.75 Å². The summed E-state index contributed by atoms with van der Waals surface area (Å²) in [6, 6.07) is 2.86. The number of benzene rings is 1. The molecule has 0 aliphatic rings. The maximum Gasteiger partial charge on any atom is 0.165 e. The van der Waals surface area contributed by atoms with Crippen LogP contribution in [-0.2, 0) is 0 Å². The Kier molecular flexibility index (Phi) is 2.36. The molecule has 1 rings (SSSR count). The van der Waals surface area contributed by atoms with Crippen LogP contribution in [0, 0.1) is 12.7 Å². The topological polar surface area (TPSA) is 20.2 Å². The molecule has 0 heterocycles. The van der Waals surface area contributed by atoms with Gasteiger partial charge in [0.15, 0.2) is 11.6 Å². The fourth-order valence-electron chi connectivity index (χ4n) is 1.30. The first-order chi connectivity index (χ1) is 5.52. The molecule has 0 amide bonds. The van der Waals surface area contributed by atoms with Crippen LogP contribution in [0.3, 0.4) is 0 Å². The first kappa shape index (κ1) is 9.04. The summed E-state index contributed by atoms with van der Waals surface area (Å²) in [6.07, 6.45) is 0. The van der Waals surface area contributed by atoms with Crippen molar-refractivity contribution in [1.29, 1.82) is 0 Å². The van der Waals surface area contributed by atoms with Gasteiger partial charge in [0.2, 0.25) is 0 Å². The molecule has 0 saturated heterocycles. The Morgan fingerprint density at radius 3 is 2.42 bits per heavy atom. The van der Waals surface area contributed by atoms with Gasteiger partial charge in [-0.1, -0.05) is 13.8 Å². The Balaban J connectivity index is 3.23. The van der Waals surface area contributed by atoms with Crippen molar-refractivity contribution in [2.45, 2.75) is 26.7 Å². The number of aryl methyl sites for hydroxylation is 1. The second-order valence-electron chi connectivity index (χ2n) is 3.31. The van der Waals surface area contributed by atoms with E-state index in [0.717, 1.165) is 11.1 Å². The van der Waals surface area contributed by atoms with E-state index < -0.39 is 5.82 Å². The average molecular weight is 168 g/mol. The second kappa shape index (κ2) is 3.13. The summed E-state index contributed by atoms with van der Waals surface area (Å²) in [4.78, 5) is 0. The molecule has 1 aromatic carbocycles. The van der Waals surface area contributed by atoms with Gasteiger partial charge in [-0.2, -0.15) is 0 Å². The highest BCUT2D eigenvalue weighted by Crippen LogP contribution is 2.25. The molecule has 0 fully saturated rings. The standard InChI is InChI=1S/C10H13FO/c1-6(2)8-5-10(12)9(11)4-7(8)3/h4-6,12H,1-3H3. The van der Waals surface area contributed by atoms with Crippen LogP contribution >= 0.6 is 0 Å². The lowest BCUT2D eigenvalue weighted by Gasteiger charge is -2.09. The average Bonchev–Trinajstić information content (AvgIpc) is 1.96. The molecule has 1 N–H and O–H groups in total. The van der Waals surface area contributed by atoms with Crippen molar-refractivity contribution in [3.63, 3.8) is 0 Å². The van der Waals surface area contributed by atoms with Crippen molar-refractivity contribution in [2.24, 2.45) is 0 Å². The summed E-state index contributed by atoms with van der Waals surface area (Å²) in [6.45, 7) is 5.87. The summed E-state index contributed by atoms with van der Waals surface area (Å²) >= 11 is 0. The molecule has 0 radical (unpaired) electrons. The van der Waals surface area contributed by atoms with Crippen LogP contribution in [0.2, 0.25) is 0 Å². The highest BCUT2D eigenvalue weighted by atomic mass is 19.1. The second-order valence-corrected chi connectivity index (χ2v) is 3.31. The zero-order valence-corrected chi connectivity index (χ0v) is 7.56. The summed E-state index contributed by atoms with van der Waals surface area (Å²) < 4.78 is 12.8. The van der Waals surface area contributed by atoms with Gasteiger partial charge >= 0.3 is 0 Å². The monoisotopic (exact) mass is 168 g/mol. The minimum Gasteiger partial charge on any atom is -0.505 e. The fourth-order valence-corrected chi connectivity index (χ4v) is 1.30. The van der Waals surface area contributed by atoms with Gasteiger partial charge in [0.05, 0.1) is 0 Å². The van der Waals surface area contributed by atoms with Crippen molar-refractivity contribution in [3.05, 3.63) is 29.1 Å². The summed E-state index contributed by atoms with van der Waals surface area (Å²) in [5.41, 5.74) is 1.88. The third-order valence-corrected chi connectivity index (χ3v) is 1.96. The van der Waals surface area contributed by atoms with Gasteiger partial charge in [0.25, 0.3) is 0 Å². The number of phenols is 1. The van der Waals surface area contributed by atoms with Crippen LogP contribution < -0.4 is 0 Å². The molecular weight excluding hydrogens is 155 g/mol. The van der Waals surface area contributed by atoms with Crippen molar-refractivity contribution in [1.82, 2.24) is 0 Å². The van der Waals surface area contributed by atoms with Crippen LogP contribution in [0.4, 0.5) is 4.39 Å². The largest absolute Gasteiger partial charge is 0.505 e. The predicted octanol–water partition coefficient (Wildman–Crippen LogP) is 2.96. The van der Waals surface area contributed by atoms with E-state index in [0.29, 0.717) is 5.92 Å². The van der Waals surface area contributed by atoms with Crippen molar-refractivity contribution < 1.29 is 9.50 Å². The van der Waals surface area contributed by atoms with E-state index in [1.165, 1.54) is 12.1 Å². The molecule has 1 nitrogen and oxygen atoms in total. The molecule has 0 aliphatic carbocycles. The molecule has 0 atom stereocenters. The summed E-state index contributed by atoms with van der Waals surface area (Å²) in [7, 11) is 0. The van der Waals surface area contributed by atoms with Gasteiger partial charge in [-0.15, -0.1) is 0 Å². The molecule has 0 aliphatic heterocycles. The molecule has 0 spiro atoms. The maximum absolute atomic E-state index is 12.8. The van der Waals surface area contributed by atoms with Crippen molar-refractivity contribution >= 4 is 0 Å². The zero-order chi connectivity index (χ0) is 9.30. The minimum atomic E-state index is -0.545. The number of aromatic hydroxyl groups is 1. The Labute approximate surface area is 71.9 Å². The molecule has 0 saturated carbocycles. The van der Waals surface area contributed by atoms with Crippen molar-refractivity contribution in [3.8, 4) is 5.75 Å². The van der Waals surface area contributed by atoms with E-state index in [1.54, 1.807) is 0 Å². The van der Waals surface area contributed by atoms with Crippen molar-refractivity contribution in [2.75, 3.05) is 0 Å². The molecule has 1 aromatic rings. The zero-order valence-electron chi connectivity index (χ0n) is 7.56. The van der Waals surface area contributed by atoms with Gasteiger partial charge in [0.1, 0.15) is 0 Å². The number of hydrogen-bond acceptors (Lipinski definition) is 1. The normalized spacial score (nSPS) is 10.8. The van der Waals surface area contributed by atoms with E-state index in [9.17, 15) is 4.39 Å². The highest BCUT2D eigenvalue weighted by Gasteiger charge is 2.08. The van der Waals surface area contributed by atoms with E-state index in [-0.39, 0.29) is 5.75 Å². The number of rotatable bonds is 1. The van der Waals surface area contributed by atoms with Gasteiger partial charge in [-0.3, -0.25) is 0 Å². The van der Waals surface area contributed by atoms with E-state index >= 15 is 0 Å². The fraction of sp³-hybridized carbons (Fsp3) is 0.400. The minimum absolute atomic E-state index is 0.260. The molecule has 12 heavy (non-hydrogen) atoms. The van der Waals surface area contributed by atoms with E-state index in [2.05, 4.69) is 0 Å². The summed E-state index contributed by atoms with van der Waals surface area (Å²) in [5.74, 6) is -0.488. The molecular formula is C10H13FO. The lowest BCUT2D eigenvalue weighted by Crippen LogP contribution is -1.93. The predicted molar refractivity (Wildman–Crippen MR) is 46.9 cm³/mol. The quantitative estimate of drug-likeness (QED) is 0.683. The Bertz CT molecular complexity index is 292. The van der Waals surface area contributed by atoms with Gasteiger partial charge in [0, 0.05) is 0 Å². The van der Waals surface area contributed by atoms with Crippen LogP contribution in [0.15, 0.2) is 12.1 Å². The molecule has 0 aromatic heterocycles. The third-order valence-electron chi connectivity index (χ3n) is 1.96. The van der Waals surface area contributed by atoms with Crippen LogP contribution in [-0.4, -0.2) is 5.11 Å². The highest BCUT2D eigenvalue weighted by molar-refractivity contribution is 5.37. The third kappa shape index (κ3) is 1.58. The number of halogens is 1. The summed E-state index contributed by atoms with van der Waals surface area (Å²) in [5, 5.41) is 9.10. The van der Waals surface area contributed by atoms with Crippen LogP contribution in [0.1, 0.15) is 30.9 Å². The van der Waals surface area contributed by atoms with Gasteiger partial charge in [-0.05, 0) is 36.1 Å². The lowest BCUT2D eigenvalue weighted by molar-refractivity contribution is 0.430. The van der Waals surface area contributed by atoms with E-state index in [4.69, 9.17) is 5.11 Å². The number of phenolic OH excluding ortho intramolecular Hbond substituents is 1. The molecule has 0 unspecified atom stereocenters. The Morgan fingerprint density at radius 2 is 1.92 bits per heavy atom. The van der Waals surface area contributed by atoms with Gasteiger partial charge in [-0.25, -0.2) is 4.39 Å². The maximum atomic E-state index is 12.8. The SMILES string of the molecule is Cc1cc(F)c(O)cc1C(C)C. The molecule has 0 bridgehead atoms. The molecule has 2 heteroatoms. The first-order valence-electron chi connectivity index (χ1n) is 4.01. The lowest BCUT2D eigenvalue weighted by atomic mass is 9.98. The molecule has 66 valence electrons. The first-order valence-corrected chi connectivity index (χ1v) is 4.01. The van der Waals surface area contributed by atoms with Crippen LogP contribution in [0.25, 0.3) is 0 Å².